The largest absolute Gasteiger partial charge is 0.461 e. The van der Waals surface area contributed by atoms with Gasteiger partial charge in [-0.3, -0.25) is 9.59 Å². The van der Waals surface area contributed by atoms with Crippen LogP contribution in [0.1, 0.15) is 64.6 Å². The second-order valence-electron chi connectivity index (χ2n) is 9.15. The zero-order chi connectivity index (χ0) is 24.7. The molecule has 3 rings (SSSR count). The number of likely N-dealkylation sites (tertiary alicyclic amines) is 1. The lowest BCUT2D eigenvalue weighted by Gasteiger charge is -2.32. The minimum Gasteiger partial charge on any atom is -0.461 e. The van der Waals surface area contributed by atoms with Crippen LogP contribution in [0, 0.1) is 26.7 Å². The average molecular weight is 468 g/mol. The van der Waals surface area contributed by atoms with Gasteiger partial charge in [-0.2, -0.15) is 0 Å². The predicted molar refractivity (Wildman–Crippen MR) is 132 cm³/mol. The van der Waals surface area contributed by atoms with Gasteiger partial charge in [0, 0.05) is 31.7 Å². The molecule has 2 N–H and O–H groups in total. The Morgan fingerprint density at radius 1 is 1.12 bits per heavy atom. The molecule has 2 heterocycles. The normalized spacial score (nSPS) is 15.8. The van der Waals surface area contributed by atoms with E-state index in [1.54, 1.807) is 6.92 Å². The van der Waals surface area contributed by atoms with Gasteiger partial charge < -0.3 is 19.9 Å². The second-order valence-corrected chi connectivity index (χ2v) is 9.15. The van der Waals surface area contributed by atoms with E-state index in [4.69, 9.17) is 4.74 Å². The van der Waals surface area contributed by atoms with Gasteiger partial charge in [0.05, 0.1) is 12.5 Å². The van der Waals surface area contributed by atoms with Crippen LogP contribution in [0.4, 0.5) is 0 Å². The Balaban J connectivity index is 1.49. The number of H-pyrrole nitrogens is 1. The SMILES string of the molecule is CCOC(=O)c1[nH]c(C)c(CCC(=O)N2CCC[C@@H](C(=O)NCCc3ccc(C)cc3)C2)c1C. The summed E-state index contributed by atoms with van der Waals surface area (Å²) in [6.45, 7) is 9.70. The topological polar surface area (TPSA) is 91.5 Å². The summed E-state index contributed by atoms with van der Waals surface area (Å²) in [4.78, 5) is 42.7. The number of nitrogens with zero attached hydrogens (tertiary/aromatic N) is 1. The van der Waals surface area contributed by atoms with Gasteiger partial charge >= 0.3 is 5.97 Å². The van der Waals surface area contributed by atoms with Crippen LogP contribution in [0.3, 0.4) is 0 Å². The van der Waals surface area contributed by atoms with Crippen LogP contribution in [-0.4, -0.2) is 53.9 Å². The van der Waals surface area contributed by atoms with Crippen LogP contribution in [0.25, 0.3) is 0 Å². The third-order valence-corrected chi connectivity index (χ3v) is 6.64. The van der Waals surface area contributed by atoms with Gasteiger partial charge in [0.2, 0.25) is 11.8 Å². The van der Waals surface area contributed by atoms with E-state index in [9.17, 15) is 14.4 Å². The third-order valence-electron chi connectivity index (χ3n) is 6.64. The number of carbonyl (C=O) groups is 3. The Hall–Kier alpha value is -3.09. The number of amides is 2. The van der Waals surface area contributed by atoms with Gasteiger partial charge in [-0.25, -0.2) is 4.79 Å². The van der Waals surface area contributed by atoms with E-state index in [0.717, 1.165) is 36.1 Å². The fourth-order valence-electron chi connectivity index (χ4n) is 4.61. The number of hydrogen-bond donors (Lipinski definition) is 2. The van der Waals surface area contributed by atoms with Crippen molar-refractivity contribution >= 4 is 17.8 Å². The van der Waals surface area contributed by atoms with Crippen molar-refractivity contribution < 1.29 is 19.1 Å². The summed E-state index contributed by atoms with van der Waals surface area (Å²) in [7, 11) is 0. The molecule has 34 heavy (non-hydrogen) atoms. The summed E-state index contributed by atoms with van der Waals surface area (Å²) < 4.78 is 5.11. The smallest absolute Gasteiger partial charge is 0.355 e. The Bertz CT molecular complexity index is 1010. The van der Waals surface area contributed by atoms with Crippen LogP contribution in [0.15, 0.2) is 24.3 Å². The molecule has 7 nitrogen and oxygen atoms in total. The number of piperidine rings is 1. The third kappa shape index (κ3) is 6.49. The molecular weight excluding hydrogens is 430 g/mol. The van der Waals surface area contributed by atoms with Crippen LogP contribution in [-0.2, 0) is 27.2 Å². The number of nitrogens with one attached hydrogen (secondary N) is 2. The van der Waals surface area contributed by atoms with E-state index in [0.29, 0.717) is 44.8 Å². The molecule has 0 spiro atoms. The monoisotopic (exact) mass is 467 g/mol. The molecule has 1 aromatic heterocycles. The van der Waals surface area contributed by atoms with Gasteiger partial charge in [0.1, 0.15) is 5.69 Å². The molecule has 0 radical (unpaired) electrons. The van der Waals surface area contributed by atoms with Gasteiger partial charge in [-0.15, -0.1) is 0 Å². The number of benzene rings is 1. The number of ether oxygens (including phenoxy) is 1. The summed E-state index contributed by atoms with van der Waals surface area (Å²) in [5, 5.41) is 3.05. The van der Waals surface area contributed by atoms with Crippen molar-refractivity contribution in [3.05, 3.63) is 57.9 Å². The van der Waals surface area contributed by atoms with Crippen molar-refractivity contribution in [3.8, 4) is 0 Å². The van der Waals surface area contributed by atoms with Gasteiger partial charge in [0.25, 0.3) is 0 Å². The molecular formula is C27H37N3O4. The molecule has 1 aliphatic rings. The maximum absolute atomic E-state index is 12.9. The van der Waals surface area contributed by atoms with Crippen molar-refractivity contribution in [2.24, 2.45) is 5.92 Å². The van der Waals surface area contributed by atoms with Crippen molar-refractivity contribution in [2.75, 3.05) is 26.2 Å². The molecule has 0 unspecified atom stereocenters. The van der Waals surface area contributed by atoms with Crippen LogP contribution < -0.4 is 5.32 Å². The lowest BCUT2D eigenvalue weighted by atomic mass is 9.96. The van der Waals surface area contributed by atoms with Gasteiger partial charge in [0.15, 0.2) is 0 Å². The maximum atomic E-state index is 12.9. The number of aromatic amines is 1. The van der Waals surface area contributed by atoms with E-state index in [-0.39, 0.29) is 23.7 Å². The van der Waals surface area contributed by atoms with Gasteiger partial charge in [-0.1, -0.05) is 29.8 Å². The van der Waals surface area contributed by atoms with Crippen LogP contribution in [0.5, 0.6) is 0 Å². The molecule has 7 heteroatoms. The molecule has 1 aliphatic heterocycles. The van der Waals surface area contributed by atoms with Gasteiger partial charge in [-0.05, 0) is 70.1 Å². The average Bonchev–Trinajstić information content (AvgIpc) is 3.12. The summed E-state index contributed by atoms with van der Waals surface area (Å²) >= 11 is 0. The van der Waals surface area contributed by atoms with E-state index >= 15 is 0 Å². The number of carbonyl (C=O) groups excluding carboxylic acids is 3. The first kappa shape index (κ1) is 25.5. The summed E-state index contributed by atoms with van der Waals surface area (Å²) in [6.07, 6.45) is 3.33. The number of aryl methyl sites for hydroxylation is 2. The molecule has 2 aromatic rings. The molecule has 1 aromatic carbocycles. The highest BCUT2D eigenvalue weighted by Gasteiger charge is 2.28. The fourth-order valence-corrected chi connectivity index (χ4v) is 4.61. The van der Waals surface area contributed by atoms with Crippen molar-refractivity contribution in [2.45, 2.75) is 59.8 Å². The summed E-state index contributed by atoms with van der Waals surface area (Å²) in [5.74, 6) is -0.453. The Labute approximate surface area is 202 Å². The van der Waals surface area contributed by atoms with E-state index < -0.39 is 0 Å². The van der Waals surface area contributed by atoms with E-state index in [1.165, 1.54) is 11.1 Å². The second kappa shape index (κ2) is 11.9. The molecule has 184 valence electrons. The van der Waals surface area contributed by atoms with E-state index in [2.05, 4.69) is 41.5 Å². The quantitative estimate of drug-likeness (QED) is 0.551. The molecule has 1 saturated heterocycles. The number of esters is 1. The molecule has 1 fully saturated rings. The molecule has 0 bridgehead atoms. The zero-order valence-corrected chi connectivity index (χ0v) is 20.8. The number of aromatic nitrogens is 1. The zero-order valence-electron chi connectivity index (χ0n) is 20.8. The first-order chi connectivity index (χ1) is 16.3. The van der Waals surface area contributed by atoms with Crippen LogP contribution >= 0.6 is 0 Å². The molecule has 0 saturated carbocycles. The summed E-state index contributed by atoms with van der Waals surface area (Å²) in [5.41, 5.74) is 5.60. The van der Waals surface area contributed by atoms with Crippen molar-refractivity contribution in [3.63, 3.8) is 0 Å². The number of rotatable bonds is 9. The number of hydrogen-bond acceptors (Lipinski definition) is 4. The first-order valence-corrected chi connectivity index (χ1v) is 12.3. The highest BCUT2D eigenvalue weighted by atomic mass is 16.5. The molecule has 1 atom stereocenters. The first-order valence-electron chi connectivity index (χ1n) is 12.3. The highest BCUT2D eigenvalue weighted by Crippen LogP contribution is 2.22. The Morgan fingerprint density at radius 2 is 1.85 bits per heavy atom. The highest BCUT2D eigenvalue weighted by molar-refractivity contribution is 5.90. The minimum absolute atomic E-state index is 0.0287. The molecule has 0 aliphatic carbocycles. The minimum atomic E-state index is -0.368. The fraction of sp³-hybridized carbons (Fsp3) is 0.519. The van der Waals surface area contributed by atoms with Crippen molar-refractivity contribution in [1.29, 1.82) is 0 Å². The van der Waals surface area contributed by atoms with Crippen LogP contribution in [0.2, 0.25) is 0 Å². The molecule has 2 amide bonds. The Morgan fingerprint density at radius 3 is 2.56 bits per heavy atom. The predicted octanol–water partition coefficient (Wildman–Crippen LogP) is 3.65. The Kier molecular flexibility index (Phi) is 8.91. The standard InChI is InChI=1S/C27H37N3O4/c1-5-34-27(33)25-19(3)23(20(4)29-25)12-13-24(31)30-16-6-7-22(17-30)26(32)28-15-14-21-10-8-18(2)9-11-21/h8-11,22,29H,5-7,12-17H2,1-4H3,(H,28,32)/t22-/m1/s1. The lowest BCUT2D eigenvalue weighted by Crippen LogP contribution is -2.45. The lowest BCUT2D eigenvalue weighted by molar-refractivity contribution is -0.135. The van der Waals surface area contributed by atoms with E-state index in [1.807, 2.05) is 18.7 Å². The van der Waals surface area contributed by atoms with Crippen molar-refractivity contribution in [1.82, 2.24) is 15.2 Å². The maximum Gasteiger partial charge on any atom is 0.355 e. The summed E-state index contributed by atoms with van der Waals surface area (Å²) in [6, 6.07) is 8.34.